The van der Waals surface area contributed by atoms with Crippen molar-refractivity contribution in [1.29, 1.82) is 0 Å². The largest absolute Gasteiger partial charge is 0.300 e. The highest BCUT2D eigenvalue weighted by atomic mass is 32.2. The Morgan fingerprint density at radius 3 is 2.42 bits per heavy atom. The second-order valence-corrected chi connectivity index (χ2v) is 4.71. The Kier molecular flexibility index (Phi) is 5.47. The highest BCUT2D eigenvalue weighted by molar-refractivity contribution is 7.96. The first kappa shape index (κ1) is 10.7. The van der Waals surface area contributed by atoms with E-state index in [1.165, 1.54) is 31.9 Å². The fourth-order valence-corrected chi connectivity index (χ4v) is 2.48. The standard InChI is InChI=1S/C8H18N2S2/c1-2-12-10-5-3-9(4-6-10)7-8-11/h11H,2-8H2,1H3. The van der Waals surface area contributed by atoms with Gasteiger partial charge >= 0.3 is 0 Å². The van der Waals surface area contributed by atoms with E-state index in [1.807, 2.05) is 11.9 Å². The topological polar surface area (TPSA) is 6.48 Å². The predicted molar refractivity (Wildman–Crippen MR) is 60.0 cm³/mol. The third-order valence-corrected chi connectivity index (χ3v) is 3.25. The molecule has 0 aromatic carbocycles. The Bertz CT molecular complexity index is 99.6. The zero-order chi connectivity index (χ0) is 8.81. The summed E-state index contributed by atoms with van der Waals surface area (Å²) in [6, 6.07) is 0. The molecule has 0 radical (unpaired) electrons. The highest BCUT2D eigenvalue weighted by Crippen LogP contribution is 2.12. The molecular weight excluding hydrogens is 188 g/mol. The van der Waals surface area contributed by atoms with Crippen LogP contribution in [0.5, 0.6) is 0 Å². The fourth-order valence-electron chi connectivity index (χ4n) is 1.41. The zero-order valence-electron chi connectivity index (χ0n) is 7.70. The molecule has 0 aromatic heterocycles. The van der Waals surface area contributed by atoms with Gasteiger partial charge in [0.05, 0.1) is 0 Å². The van der Waals surface area contributed by atoms with E-state index in [1.54, 1.807) is 0 Å². The number of nitrogens with zero attached hydrogens (tertiary/aromatic N) is 2. The average molecular weight is 206 g/mol. The number of piperazine rings is 1. The lowest BCUT2D eigenvalue weighted by molar-refractivity contribution is 0.207. The van der Waals surface area contributed by atoms with Gasteiger partial charge in [0, 0.05) is 44.2 Å². The SMILES string of the molecule is CCSN1CCN(CCS)CC1. The van der Waals surface area contributed by atoms with Gasteiger partial charge in [-0.2, -0.15) is 12.6 Å². The molecule has 0 saturated carbocycles. The lowest BCUT2D eigenvalue weighted by Crippen LogP contribution is -2.44. The maximum Gasteiger partial charge on any atom is 0.0218 e. The van der Waals surface area contributed by atoms with E-state index < -0.39 is 0 Å². The van der Waals surface area contributed by atoms with Gasteiger partial charge in [-0.25, -0.2) is 4.31 Å². The van der Waals surface area contributed by atoms with Crippen molar-refractivity contribution in [3.8, 4) is 0 Å². The second-order valence-electron chi connectivity index (χ2n) is 2.91. The Hall–Kier alpha value is 0.620. The van der Waals surface area contributed by atoms with Crippen LogP contribution in [-0.4, -0.2) is 53.4 Å². The van der Waals surface area contributed by atoms with E-state index in [9.17, 15) is 0 Å². The van der Waals surface area contributed by atoms with Crippen molar-refractivity contribution in [3.05, 3.63) is 0 Å². The van der Waals surface area contributed by atoms with E-state index in [0.717, 1.165) is 12.3 Å². The first-order valence-electron chi connectivity index (χ1n) is 4.58. The van der Waals surface area contributed by atoms with Crippen molar-refractivity contribution in [1.82, 2.24) is 9.21 Å². The molecule has 1 aliphatic rings. The summed E-state index contributed by atoms with van der Waals surface area (Å²) in [5, 5.41) is 0. The van der Waals surface area contributed by atoms with Crippen LogP contribution in [0, 0.1) is 0 Å². The summed E-state index contributed by atoms with van der Waals surface area (Å²) < 4.78 is 2.47. The van der Waals surface area contributed by atoms with Crippen LogP contribution >= 0.6 is 24.6 Å². The van der Waals surface area contributed by atoms with Gasteiger partial charge in [-0.1, -0.05) is 18.9 Å². The molecule has 2 nitrogen and oxygen atoms in total. The summed E-state index contributed by atoms with van der Waals surface area (Å²) in [6.45, 7) is 8.22. The minimum Gasteiger partial charge on any atom is -0.300 e. The van der Waals surface area contributed by atoms with Crippen molar-refractivity contribution < 1.29 is 0 Å². The van der Waals surface area contributed by atoms with Crippen LogP contribution in [0.1, 0.15) is 6.92 Å². The summed E-state index contributed by atoms with van der Waals surface area (Å²) >= 11 is 6.19. The van der Waals surface area contributed by atoms with E-state index in [-0.39, 0.29) is 0 Å². The molecule has 1 saturated heterocycles. The van der Waals surface area contributed by atoms with Gasteiger partial charge < -0.3 is 0 Å². The summed E-state index contributed by atoms with van der Waals surface area (Å²) in [5.41, 5.74) is 0. The van der Waals surface area contributed by atoms with Gasteiger partial charge in [0.25, 0.3) is 0 Å². The van der Waals surface area contributed by atoms with Crippen molar-refractivity contribution in [2.45, 2.75) is 6.92 Å². The van der Waals surface area contributed by atoms with E-state index in [4.69, 9.17) is 0 Å². The van der Waals surface area contributed by atoms with Crippen LogP contribution in [0.25, 0.3) is 0 Å². The van der Waals surface area contributed by atoms with Crippen LogP contribution in [0.4, 0.5) is 0 Å². The summed E-state index contributed by atoms with van der Waals surface area (Å²) in [6.07, 6.45) is 0. The maximum absolute atomic E-state index is 4.23. The van der Waals surface area contributed by atoms with Crippen LogP contribution < -0.4 is 0 Å². The summed E-state index contributed by atoms with van der Waals surface area (Å²) in [7, 11) is 0. The van der Waals surface area contributed by atoms with Crippen molar-refractivity contribution in [2.75, 3.05) is 44.2 Å². The van der Waals surface area contributed by atoms with Crippen molar-refractivity contribution >= 4 is 24.6 Å². The molecule has 1 fully saturated rings. The minimum absolute atomic E-state index is 0.987. The zero-order valence-corrected chi connectivity index (χ0v) is 9.41. The van der Waals surface area contributed by atoms with Gasteiger partial charge in [0.2, 0.25) is 0 Å². The quantitative estimate of drug-likeness (QED) is 0.546. The van der Waals surface area contributed by atoms with Crippen molar-refractivity contribution in [3.63, 3.8) is 0 Å². The molecule has 12 heavy (non-hydrogen) atoms. The summed E-state index contributed by atoms with van der Waals surface area (Å²) in [5.74, 6) is 2.19. The molecular formula is C8H18N2S2. The molecule has 1 heterocycles. The number of rotatable bonds is 4. The first-order valence-corrected chi connectivity index (χ1v) is 6.15. The fraction of sp³-hybridized carbons (Fsp3) is 1.00. The smallest absolute Gasteiger partial charge is 0.0218 e. The van der Waals surface area contributed by atoms with Crippen LogP contribution in [0.15, 0.2) is 0 Å². The van der Waals surface area contributed by atoms with E-state index >= 15 is 0 Å². The average Bonchev–Trinajstić information content (AvgIpc) is 2.09. The molecule has 72 valence electrons. The molecule has 4 heteroatoms. The van der Waals surface area contributed by atoms with Crippen LogP contribution in [-0.2, 0) is 0 Å². The van der Waals surface area contributed by atoms with Crippen LogP contribution in [0.3, 0.4) is 0 Å². The Balaban J connectivity index is 2.11. The van der Waals surface area contributed by atoms with Gasteiger partial charge in [0.15, 0.2) is 0 Å². The van der Waals surface area contributed by atoms with Gasteiger partial charge in [-0.15, -0.1) is 0 Å². The normalized spacial score (nSPS) is 21.5. The van der Waals surface area contributed by atoms with Gasteiger partial charge in [0.1, 0.15) is 0 Å². The second kappa shape index (κ2) is 6.13. The number of thiol groups is 1. The third-order valence-electron chi connectivity index (χ3n) is 2.06. The highest BCUT2D eigenvalue weighted by Gasteiger charge is 2.15. The maximum atomic E-state index is 4.23. The molecule has 0 N–H and O–H groups in total. The van der Waals surface area contributed by atoms with Gasteiger partial charge in [-0.05, 0) is 0 Å². The van der Waals surface area contributed by atoms with Crippen molar-refractivity contribution in [2.24, 2.45) is 0 Å². The predicted octanol–water partition coefficient (Wildman–Crippen LogP) is 1.20. The Morgan fingerprint density at radius 2 is 1.92 bits per heavy atom. The van der Waals surface area contributed by atoms with E-state index in [0.29, 0.717) is 0 Å². The molecule has 0 aliphatic carbocycles. The van der Waals surface area contributed by atoms with Gasteiger partial charge in [-0.3, -0.25) is 4.90 Å². The molecule has 1 aliphatic heterocycles. The molecule has 0 amide bonds. The van der Waals surface area contributed by atoms with E-state index in [2.05, 4.69) is 28.8 Å². The third kappa shape index (κ3) is 3.56. The number of hydrogen-bond donors (Lipinski definition) is 1. The summed E-state index contributed by atoms with van der Waals surface area (Å²) in [4.78, 5) is 2.49. The minimum atomic E-state index is 0.987. The lowest BCUT2D eigenvalue weighted by Gasteiger charge is -2.33. The Labute approximate surface area is 85.2 Å². The molecule has 0 aromatic rings. The molecule has 1 rings (SSSR count). The lowest BCUT2D eigenvalue weighted by atomic mass is 10.4. The monoisotopic (exact) mass is 206 g/mol. The first-order chi connectivity index (χ1) is 5.86. The van der Waals surface area contributed by atoms with Crippen LogP contribution in [0.2, 0.25) is 0 Å². The Morgan fingerprint density at radius 1 is 1.25 bits per heavy atom. The molecule has 0 atom stereocenters. The molecule has 0 unspecified atom stereocenters. The number of hydrogen-bond acceptors (Lipinski definition) is 4. The molecule has 0 spiro atoms. The molecule has 0 bridgehead atoms.